The van der Waals surface area contributed by atoms with Crippen molar-refractivity contribution in [3.8, 4) is 5.95 Å². The average molecular weight is 100 g/mol. The highest BCUT2D eigenvalue weighted by atomic mass is 16.5. The molecule has 0 aliphatic carbocycles. The third kappa shape index (κ3) is 1.28. The van der Waals surface area contributed by atoms with Gasteiger partial charge in [-0.1, -0.05) is 0 Å². The van der Waals surface area contributed by atoms with Gasteiger partial charge in [0.1, 0.15) is 0 Å². The van der Waals surface area contributed by atoms with Crippen molar-refractivity contribution in [2.75, 3.05) is 0 Å². The molecule has 1 rings (SSSR count). The molecule has 0 aliphatic heterocycles. The molecule has 1 N–H and O–H groups in total. The summed E-state index contributed by atoms with van der Waals surface area (Å²) in [5.41, 5.74) is 0. The summed E-state index contributed by atoms with van der Waals surface area (Å²) in [7, 11) is 0. The lowest BCUT2D eigenvalue weighted by atomic mass is 10.7. The van der Waals surface area contributed by atoms with Gasteiger partial charge in [0.25, 0.3) is 5.95 Å². The summed E-state index contributed by atoms with van der Waals surface area (Å²) in [4.78, 5) is 0. The molecule has 0 aliphatic rings. The van der Waals surface area contributed by atoms with Crippen molar-refractivity contribution in [1.82, 2.24) is 0 Å². The quantitative estimate of drug-likeness (QED) is 0.525. The van der Waals surface area contributed by atoms with Crippen molar-refractivity contribution in [2.45, 2.75) is 0 Å². The van der Waals surface area contributed by atoms with E-state index < -0.39 is 0 Å². The molecule has 3 heteroatoms. The van der Waals surface area contributed by atoms with Crippen LogP contribution in [0, 0.1) is 0 Å². The highest BCUT2D eigenvalue weighted by molar-refractivity contribution is 5.00. The first-order valence-electron chi connectivity index (χ1n) is 1.62. The average Bonchev–Trinajstić information content (AvgIpc) is 1.86. The summed E-state index contributed by atoms with van der Waals surface area (Å²) in [5.74, 6) is -0.0324. The fourth-order valence-electron chi connectivity index (χ4n) is 0.270. The molecule has 0 aromatic carbocycles. The van der Waals surface area contributed by atoms with Gasteiger partial charge in [0.2, 0.25) is 0 Å². The molecule has 1 heterocycles. The fraction of sp³-hybridized carbons (Fsp3) is 0. The van der Waals surface area contributed by atoms with Gasteiger partial charge in [-0.2, -0.15) is 0 Å². The van der Waals surface area contributed by atoms with Crippen molar-refractivity contribution >= 4 is 0 Å². The van der Waals surface area contributed by atoms with E-state index in [1.807, 2.05) is 0 Å². The molecule has 0 spiro atoms. The molecule has 7 heavy (non-hydrogen) atoms. The van der Waals surface area contributed by atoms with Crippen LogP contribution in [0.5, 0.6) is 5.95 Å². The van der Waals surface area contributed by atoms with Gasteiger partial charge in [0.05, 0.1) is 6.26 Å². The van der Waals surface area contributed by atoms with Crippen molar-refractivity contribution in [1.29, 1.82) is 0 Å². The Kier molecular flexibility index (Phi) is 1.95. The van der Waals surface area contributed by atoms with E-state index in [1.165, 1.54) is 12.3 Å². The van der Waals surface area contributed by atoms with Crippen LogP contribution in [0.1, 0.15) is 0 Å². The minimum atomic E-state index is -0.0324. The Hall–Kier alpha value is -0.960. The topological polar surface area (TPSA) is 61.9 Å². The zero-order valence-corrected chi connectivity index (χ0v) is 3.50. The molecular weight excluding hydrogens is 96.0 g/mol. The van der Waals surface area contributed by atoms with Gasteiger partial charge in [-0.05, 0) is 6.07 Å². The number of hydrogen-bond acceptors (Lipinski definition) is 2. The molecule has 0 bridgehead atoms. The molecule has 0 fully saturated rings. The number of aromatic hydroxyl groups is 1. The molecule has 0 saturated carbocycles. The summed E-state index contributed by atoms with van der Waals surface area (Å²) in [6.45, 7) is 0. The Morgan fingerprint density at radius 3 is 2.43 bits per heavy atom. The SMILES string of the molecule is Oc1ccco1.[O]. The summed E-state index contributed by atoms with van der Waals surface area (Å²) < 4.78 is 4.39. The van der Waals surface area contributed by atoms with Crippen LogP contribution in [-0.4, -0.2) is 5.11 Å². The summed E-state index contributed by atoms with van der Waals surface area (Å²) in [5, 5.41) is 8.31. The van der Waals surface area contributed by atoms with Gasteiger partial charge in [-0.15, -0.1) is 0 Å². The Morgan fingerprint density at radius 2 is 2.29 bits per heavy atom. The number of rotatable bonds is 0. The van der Waals surface area contributed by atoms with Crippen LogP contribution in [0.4, 0.5) is 0 Å². The van der Waals surface area contributed by atoms with Crippen molar-refractivity contribution in [3.05, 3.63) is 18.4 Å². The first kappa shape index (κ1) is 6.04. The second-order valence-electron chi connectivity index (χ2n) is 0.951. The lowest BCUT2D eigenvalue weighted by Crippen LogP contribution is -1.40. The normalized spacial score (nSPS) is 7.43. The zero-order valence-electron chi connectivity index (χ0n) is 3.50. The van der Waals surface area contributed by atoms with Gasteiger partial charge in [0.15, 0.2) is 0 Å². The molecule has 1 aromatic rings. The van der Waals surface area contributed by atoms with Crippen molar-refractivity contribution in [3.63, 3.8) is 0 Å². The van der Waals surface area contributed by atoms with Gasteiger partial charge in [0, 0.05) is 11.5 Å². The van der Waals surface area contributed by atoms with Crippen LogP contribution in [0.25, 0.3) is 0 Å². The molecule has 3 nitrogen and oxygen atoms in total. The minimum Gasteiger partial charge on any atom is -0.481 e. The zero-order chi connectivity index (χ0) is 4.41. The van der Waals surface area contributed by atoms with Gasteiger partial charge in [-0.3, -0.25) is 0 Å². The largest absolute Gasteiger partial charge is 0.481 e. The first-order valence-corrected chi connectivity index (χ1v) is 1.62. The third-order valence-electron chi connectivity index (χ3n) is 0.506. The molecule has 38 valence electrons. The highest BCUT2D eigenvalue weighted by Gasteiger charge is 1.79. The molecule has 0 amide bonds. The predicted octanol–water partition coefficient (Wildman–Crippen LogP) is 0.866. The number of furan rings is 1. The lowest BCUT2D eigenvalue weighted by Gasteiger charge is -1.69. The Bertz CT molecular complexity index is 110. The van der Waals surface area contributed by atoms with E-state index in [1.54, 1.807) is 6.07 Å². The van der Waals surface area contributed by atoms with Crippen LogP contribution >= 0.6 is 0 Å². The van der Waals surface area contributed by atoms with E-state index in [-0.39, 0.29) is 11.4 Å². The Balaban J connectivity index is 0.000000360. The molecule has 1 aromatic heterocycles. The monoisotopic (exact) mass is 100 g/mol. The van der Waals surface area contributed by atoms with Crippen LogP contribution in [0.3, 0.4) is 0 Å². The predicted molar refractivity (Wildman–Crippen MR) is 21.1 cm³/mol. The Morgan fingerprint density at radius 1 is 1.57 bits per heavy atom. The van der Waals surface area contributed by atoms with E-state index in [0.717, 1.165) is 0 Å². The van der Waals surface area contributed by atoms with Gasteiger partial charge >= 0.3 is 0 Å². The number of hydrogen-bond donors (Lipinski definition) is 1. The second kappa shape index (κ2) is 2.25. The fourth-order valence-corrected chi connectivity index (χ4v) is 0.270. The maximum absolute atomic E-state index is 8.31. The van der Waals surface area contributed by atoms with Crippen LogP contribution in [0.2, 0.25) is 0 Å². The molecule has 0 saturated heterocycles. The Labute approximate surface area is 40.5 Å². The highest BCUT2D eigenvalue weighted by Crippen LogP contribution is 2.04. The smallest absolute Gasteiger partial charge is 0.281 e. The van der Waals surface area contributed by atoms with Crippen LogP contribution in [0.15, 0.2) is 22.8 Å². The van der Waals surface area contributed by atoms with E-state index >= 15 is 0 Å². The third-order valence-corrected chi connectivity index (χ3v) is 0.506. The molecule has 2 radical (unpaired) electrons. The van der Waals surface area contributed by atoms with Crippen molar-refractivity contribution < 1.29 is 15.0 Å². The van der Waals surface area contributed by atoms with Crippen LogP contribution < -0.4 is 0 Å². The summed E-state index contributed by atoms with van der Waals surface area (Å²) >= 11 is 0. The van der Waals surface area contributed by atoms with Gasteiger partial charge in [-0.25, -0.2) is 0 Å². The maximum atomic E-state index is 8.31. The molecule has 0 atom stereocenters. The summed E-state index contributed by atoms with van der Waals surface area (Å²) in [6, 6.07) is 3.09. The van der Waals surface area contributed by atoms with E-state index in [4.69, 9.17) is 5.11 Å². The van der Waals surface area contributed by atoms with E-state index in [9.17, 15) is 0 Å². The van der Waals surface area contributed by atoms with Crippen LogP contribution in [-0.2, 0) is 5.48 Å². The molecular formula is C4H4O3. The second-order valence-corrected chi connectivity index (χ2v) is 0.951. The maximum Gasteiger partial charge on any atom is 0.281 e. The minimum absolute atomic E-state index is 0. The standard InChI is InChI=1S/C4H4O2.O/c5-4-2-1-3-6-4;/h1-3,5H;. The van der Waals surface area contributed by atoms with E-state index in [2.05, 4.69) is 4.42 Å². The van der Waals surface area contributed by atoms with E-state index in [0.29, 0.717) is 0 Å². The van der Waals surface area contributed by atoms with Gasteiger partial charge < -0.3 is 9.52 Å². The first-order chi connectivity index (χ1) is 2.89. The molecule has 0 unspecified atom stereocenters. The van der Waals surface area contributed by atoms with Crippen molar-refractivity contribution in [2.24, 2.45) is 0 Å². The summed E-state index contributed by atoms with van der Waals surface area (Å²) in [6.07, 6.45) is 1.41. The lowest BCUT2D eigenvalue weighted by molar-refractivity contribution is 0.332.